The minimum Gasteiger partial charge on any atom is -0.778 e. The fraction of sp³-hybridized carbons (Fsp3) is 0.440. The molecule has 0 saturated carbocycles. The number of aromatic nitrogens is 2. The van der Waals surface area contributed by atoms with Crippen LogP contribution in [0, 0.1) is 3.57 Å². The van der Waals surface area contributed by atoms with Crippen LogP contribution < -0.4 is 25.9 Å². The largest absolute Gasteiger partial charge is 0.778 e. The van der Waals surface area contributed by atoms with Gasteiger partial charge in [-0.1, -0.05) is 55.8 Å². The SMILES string of the molecule is CCCCC1OC2[C@@H](O1)[C@@H](COP(=O)([O-])OP(=O)([O-])OP(=O)([O-])Cc1cccc3ccccc13)O[C@H]2n1cc(I)c(=O)[nH]c1=O. The van der Waals surface area contributed by atoms with Crippen LogP contribution in [0.25, 0.3) is 10.8 Å². The van der Waals surface area contributed by atoms with E-state index in [0.29, 0.717) is 17.2 Å². The number of H-pyrrole nitrogens is 1. The van der Waals surface area contributed by atoms with E-state index >= 15 is 0 Å². The Morgan fingerprint density at radius 1 is 0.956 bits per heavy atom. The number of benzene rings is 2. The summed E-state index contributed by atoms with van der Waals surface area (Å²) in [4.78, 5) is 64.1. The number of nitrogens with zero attached hydrogens (tertiary/aromatic N) is 1. The van der Waals surface area contributed by atoms with Crippen LogP contribution in [0.15, 0.2) is 58.3 Å². The van der Waals surface area contributed by atoms with Gasteiger partial charge in [-0.2, -0.15) is 0 Å². The van der Waals surface area contributed by atoms with Gasteiger partial charge < -0.3 is 38.0 Å². The van der Waals surface area contributed by atoms with E-state index in [1.165, 1.54) is 12.3 Å². The lowest BCUT2D eigenvalue weighted by molar-refractivity contribution is -0.246. The quantitative estimate of drug-likeness (QED) is 0.193. The van der Waals surface area contributed by atoms with Crippen molar-refractivity contribution in [2.45, 2.75) is 63.2 Å². The third-order valence-corrected chi connectivity index (χ3v) is 12.3. The molecule has 0 radical (unpaired) electrons. The molecule has 8 atom stereocenters. The summed E-state index contributed by atoms with van der Waals surface area (Å²) in [6, 6.07) is 11.5. The molecule has 5 unspecified atom stereocenters. The molecule has 0 amide bonds. The van der Waals surface area contributed by atoms with Gasteiger partial charge in [-0.3, -0.25) is 27.8 Å². The van der Waals surface area contributed by atoms with Gasteiger partial charge in [0.25, 0.3) is 21.2 Å². The van der Waals surface area contributed by atoms with Gasteiger partial charge in [0.1, 0.15) is 25.9 Å². The second kappa shape index (κ2) is 13.9. The van der Waals surface area contributed by atoms with Crippen LogP contribution in [0.5, 0.6) is 0 Å². The lowest BCUT2D eigenvalue weighted by Crippen LogP contribution is -2.37. The van der Waals surface area contributed by atoms with Crippen molar-refractivity contribution in [2.75, 3.05) is 6.61 Å². The Morgan fingerprint density at radius 3 is 2.42 bits per heavy atom. The number of unbranched alkanes of at least 4 members (excludes halogenated alkanes) is 1. The second-order valence-electron chi connectivity index (χ2n) is 10.2. The first-order valence-corrected chi connectivity index (χ1v) is 19.3. The molecule has 5 rings (SSSR count). The van der Waals surface area contributed by atoms with Crippen molar-refractivity contribution in [3.8, 4) is 0 Å². The van der Waals surface area contributed by atoms with E-state index < -0.39 is 78.1 Å². The first-order chi connectivity index (χ1) is 21.2. The zero-order valence-corrected chi connectivity index (χ0v) is 28.3. The van der Waals surface area contributed by atoms with Crippen molar-refractivity contribution >= 4 is 56.6 Å². The number of hydrogen-bond acceptors (Lipinski definition) is 14. The number of fused-ring (bicyclic) bond motifs is 2. The lowest BCUT2D eigenvalue weighted by Gasteiger charge is -2.35. The summed E-state index contributed by atoms with van der Waals surface area (Å²) in [7, 11) is -17.0. The molecule has 3 heterocycles. The highest BCUT2D eigenvalue weighted by Gasteiger charge is 2.54. The van der Waals surface area contributed by atoms with Gasteiger partial charge in [0, 0.05) is 12.4 Å². The normalized spacial score (nSPS) is 27.1. The highest BCUT2D eigenvalue weighted by molar-refractivity contribution is 14.1. The van der Waals surface area contributed by atoms with Crippen LogP contribution in [0.2, 0.25) is 0 Å². The molecule has 0 bridgehead atoms. The molecular formula is C25H27IN2O14P3-3. The summed E-state index contributed by atoms with van der Waals surface area (Å²) in [5, 5.41) is 1.22. The molecule has 2 aromatic carbocycles. The van der Waals surface area contributed by atoms with Crippen molar-refractivity contribution in [3.63, 3.8) is 0 Å². The molecule has 0 spiro atoms. The van der Waals surface area contributed by atoms with Gasteiger partial charge in [0.05, 0.1) is 10.2 Å². The maximum Gasteiger partial charge on any atom is 0.330 e. The zero-order valence-electron chi connectivity index (χ0n) is 23.4. The maximum absolute atomic E-state index is 12.6. The summed E-state index contributed by atoms with van der Waals surface area (Å²) >= 11 is 1.72. The second-order valence-corrected chi connectivity index (χ2v) is 16.3. The monoisotopic (exact) mass is 799 g/mol. The Balaban J connectivity index is 1.26. The Hall–Kier alpha value is -1.56. The molecule has 1 N–H and O–H groups in total. The molecule has 20 heteroatoms. The van der Waals surface area contributed by atoms with Crippen molar-refractivity contribution in [3.05, 3.63) is 78.6 Å². The minimum absolute atomic E-state index is 0.160. The van der Waals surface area contributed by atoms with Crippen LogP contribution in [0.1, 0.15) is 38.0 Å². The van der Waals surface area contributed by atoms with E-state index in [1.807, 2.05) is 6.92 Å². The van der Waals surface area contributed by atoms with E-state index in [-0.39, 0.29) is 9.13 Å². The van der Waals surface area contributed by atoms with Crippen molar-refractivity contribution in [1.82, 2.24) is 9.55 Å². The van der Waals surface area contributed by atoms with Gasteiger partial charge in [-0.25, -0.2) is 9.11 Å². The summed E-state index contributed by atoms with van der Waals surface area (Å²) in [6.07, 6.45) is -2.59. The molecule has 246 valence electrons. The van der Waals surface area contributed by atoms with E-state index in [2.05, 4.69) is 13.6 Å². The standard InChI is InChI=1S/C25H30IN2O14P3/c1-2-3-11-20-39-21-19(38-24(22(21)40-20)28-12-18(26)23(29)27-25(28)30)13-37-44(33,34)42-45(35,36)41-43(31,32)14-16-9-6-8-15-7-4-5-10-17(15)16/h4-10,12,19-22,24H,2-3,11,13-14H2,1H3,(H,31,32)(H,33,34)(H,35,36)(H,27,29,30)/p-3/t19-,20?,21+,22?,24-/m1/s1. The van der Waals surface area contributed by atoms with Gasteiger partial charge >= 0.3 is 5.69 Å². The number of phosphoric acid groups is 2. The predicted molar refractivity (Wildman–Crippen MR) is 160 cm³/mol. The van der Waals surface area contributed by atoms with Crippen molar-refractivity contribution in [2.24, 2.45) is 0 Å². The number of nitrogens with one attached hydrogen (secondary N) is 1. The van der Waals surface area contributed by atoms with Crippen LogP contribution in [-0.4, -0.2) is 40.8 Å². The highest BCUT2D eigenvalue weighted by atomic mass is 127. The summed E-state index contributed by atoms with van der Waals surface area (Å²) in [5.41, 5.74) is -1.22. The van der Waals surface area contributed by atoms with E-state index in [4.69, 9.17) is 18.7 Å². The Kier molecular flexibility index (Phi) is 10.7. The molecule has 45 heavy (non-hydrogen) atoms. The predicted octanol–water partition coefficient (Wildman–Crippen LogP) is 2.23. The van der Waals surface area contributed by atoms with Gasteiger partial charge in [0.15, 0.2) is 12.5 Å². The first-order valence-electron chi connectivity index (χ1n) is 13.6. The van der Waals surface area contributed by atoms with Gasteiger partial charge in [-0.15, -0.1) is 0 Å². The molecule has 2 aliphatic heterocycles. The number of hydrogen-bond donors (Lipinski definition) is 1. The summed E-state index contributed by atoms with van der Waals surface area (Å²) < 4.78 is 69.4. The molecule has 2 aliphatic rings. The summed E-state index contributed by atoms with van der Waals surface area (Å²) in [6.45, 7) is 1.10. The minimum atomic E-state index is -6.02. The molecule has 2 saturated heterocycles. The van der Waals surface area contributed by atoms with E-state index in [1.54, 1.807) is 59.0 Å². The Morgan fingerprint density at radius 2 is 1.67 bits per heavy atom. The molecule has 16 nitrogen and oxygen atoms in total. The Bertz CT molecular complexity index is 1810. The van der Waals surface area contributed by atoms with Crippen molar-refractivity contribution < 1.29 is 55.7 Å². The lowest BCUT2D eigenvalue weighted by atomic mass is 10.1. The number of halogens is 1. The van der Waals surface area contributed by atoms with Gasteiger partial charge in [-0.05, 0) is 51.8 Å². The maximum atomic E-state index is 12.6. The van der Waals surface area contributed by atoms with Crippen LogP contribution in [0.4, 0.5) is 0 Å². The zero-order chi connectivity index (χ0) is 32.6. The van der Waals surface area contributed by atoms with Crippen molar-refractivity contribution in [1.29, 1.82) is 0 Å². The fourth-order valence-electron chi connectivity index (χ4n) is 5.06. The smallest absolute Gasteiger partial charge is 0.330 e. The summed E-state index contributed by atoms with van der Waals surface area (Å²) in [5.74, 6) is 0. The Labute approximate surface area is 269 Å². The first kappa shape index (κ1) is 34.8. The average molecular weight is 799 g/mol. The number of phosphoric ester groups is 1. The van der Waals surface area contributed by atoms with Crippen LogP contribution in [0.3, 0.4) is 0 Å². The van der Waals surface area contributed by atoms with E-state index in [9.17, 15) is 38.0 Å². The third-order valence-electron chi connectivity index (χ3n) is 6.96. The van der Waals surface area contributed by atoms with Crippen LogP contribution >= 0.6 is 45.8 Å². The molecular weight excluding hydrogens is 772 g/mol. The fourth-order valence-corrected chi connectivity index (χ4v) is 9.52. The molecule has 0 aliphatic carbocycles. The molecule has 2 fully saturated rings. The molecule has 3 aromatic rings. The highest BCUT2D eigenvalue weighted by Crippen LogP contribution is 2.63. The topological polar surface area (TPSA) is 231 Å². The van der Waals surface area contributed by atoms with E-state index in [0.717, 1.165) is 17.4 Å². The number of ether oxygens (including phenoxy) is 3. The van der Waals surface area contributed by atoms with Crippen LogP contribution in [-0.2, 0) is 47.2 Å². The molecule has 1 aromatic heterocycles. The third kappa shape index (κ3) is 8.49. The number of aromatic amines is 1. The number of rotatable bonds is 13. The average Bonchev–Trinajstić information content (AvgIpc) is 3.51. The van der Waals surface area contributed by atoms with Gasteiger partial charge in [0.2, 0.25) is 0 Å².